The van der Waals surface area contributed by atoms with Crippen molar-refractivity contribution in [1.29, 1.82) is 0 Å². The Bertz CT molecular complexity index is 397. The molecule has 0 heterocycles. The van der Waals surface area contributed by atoms with Crippen LogP contribution in [0.25, 0.3) is 0 Å². The number of nitrogens with zero attached hydrogens (tertiary/aromatic N) is 1. The summed E-state index contributed by atoms with van der Waals surface area (Å²) in [7, 11) is 0. The van der Waals surface area contributed by atoms with Gasteiger partial charge in [-0.15, -0.1) is 0 Å². The van der Waals surface area contributed by atoms with Gasteiger partial charge >= 0.3 is 5.97 Å². The topological polar surface area (TPSA) is 57.6 Å². The summed E-state index contributed by atoms with van der Waals surface area (Å²) < 4.78 is 0. The molecule has 2 fully saturated rings. The van der Waals surface area contributed by atoms with E-state index in [-0.39, 0.29) is 11.8 Å². The third kappa shape index (κ3) is 2.70. The maximum Gasteiger partial charge on any atom is 0.307 e. The van der Waals surface area contributed by atoms with Crippen LogP contribution in [0.5, 0.6) is 0 Å². The van der Waals surface area contributed by atoms with E-state index in [0.29, 0.717) is 12.0 Å². The van der Waals surface area contributed by atoms with Crippen LogP contribution in [0.1, 0.15) is 53.4 Å². The number of rotatable bonds is 5. The minimum Gasteiger partial charge on any atom is -0.481 e. The van der Waals surface area contributed by atoms with Gasteiger partial charge in [0, 0.05) is 12.6 Å². The van der Waals surface area contributed by atoms with Crippen molar-refractivity contribution < 1.29 is 14.7 Å². The standard InChI is InChI=1S/C16H27NO3/c1-10(2)9-17(11-7-5-6-8-11)14(18)12-13(15(19)20)16(12,3)4/h10-13H,5-9H2,1-4H3,(H,19,20). The van der Waals surface area contributed by atoms with Crippen molar-refractivity contribution in [3.8, 4) is 0 Å². The molecule has 1 amide bonds. The van der Waals surface area contributed by atoms with Crippen molar-refractivity contribution in [2.24, 2.45) is 23.2 Å². The van der Waals surface area contributed by atoms with Gasteiger partial charge in [-0.1, -0.05) is 40.5 Å². The van der Waals surface area contributed by atoms with E-state index >= 15 is 0 Å². The molecule has 2 aliphatic rings. The highest BCUT2D eigenvalue weighted by Crippen LogP contribution is 2.59. The molecule has 0 aliphatic heterocycles. The summed E-state index contributed by atoms with van der Waals surface area (Å²) >= 11 is 0. The van der Waals surface area contributed by atoms with Crippen LogP contribution >= 0.6 is 0 Å². The highest BCUT2D eigenvalue weighted by molar-refractivity contribution is 5.91. The second kappa shape index (κ2) is 5.38. The second-order valence-corrected chi connectivity index (χ2v) is 7.44. The molecule has 2 atom stereocenters. The number of carboxylic acids is 1. The van der Waals surface area contributed by atoms with Crippen molar-refractivity contribution in [2.75, 3.05) is 6.54 Å². The molecular formula is C16H27NO3. The van der Waals surface area contributed by atoms with Crippen LogP contribution in [0.2, 0.25) is 0 Å². The molecule has 2 rings (SSSR count). The summed E-state index contributed by atoms with van der Waals surface area (Å²) in [5.74, 6) is -1.18. The first-order chi connectivity index (χ1) is 9.26. The maximum atomic E-state index is 12.8. The lowest BCUT2D eigenvalue weighted by Gasteiger charge is -2.31. The number of aliphatic carboxylic acids is 1. The zero-order valence-corrected chi connectivity index (χ0v) is 13.1. The number of hydrogen-bond acceptors (Lipinski definition) is 2. The fourth-order valence-corrected chi connectivity index (χ4v) is 3.77. The highest BCUT2D eigenvalue weighted by atomic mass is 16.4. The first-order valence-corrected chi connectivity index (χ1v) is 7.80. The Hall–Kier alpha value is -1.06. The SMILES string of the molecule is CC(C)CN(C(=O)C1C(C(=O)O)C1(C)C)C1CCCC1. The smallest absolute Gasteiger partial charge is 0.307 e. The molecular weight excluding hydrogens is 254 g/mol. The molecule has 2 saturated carbocycles. The van der Waals surface area contributed by atoms with Crippen molar-refractivity contribution >= 4 is 11.9 Å². The summed E-state index contributed by atoms with van der Waals surface area (Å²) in [6.45, 7) is 8.78. The molecule has 2 unspecified atom stereocenters. The van der Waals surface area contributed by atoms with Crippen LogP contribution < -0.4 is 0 Å². The zero-order chi connectivity index (χ0) is 15.1. The Kier molecular flexibility index (Phi) is 4.12. The van der Waals surface area contributed by atoms with E-state index in [9.17, 15) is 14.7 Å². The molecule has 4 heteroatoms. The van der Waals surface area contributed by atoms with Gasteiger partial charge in [-0.3, -0.25) is 9.59 Å². The van der Waals surface area contributed by atoms with E-state index in [1.807, 2.05) is 18.7 Å². The average molecular weight is 281 g/mol. The Morgan fingerprint density at radius 2 is 1.75 bits per heavy atom. The maximum absolute atomic E-state index is 12.8. The Balaban J connectivity index is 2.13. The van der Waals surface area contributed by atoms with Crippen molar-refractivity contribution in [3.63, 3.8) is 0 Å². The predicted molar refractivity (Wildman–Crippen MR) is 77.2 cm³/mol. The molecule has 0 saturated heterocycles. The van der Waals surface area contributed by atoms with Crippen molar-refractivity contribution in [2.45, 2.75) is 59.4 Å². The Morgan fingerprint density at radius 3 is 2.15 bits per heavy atom. The lowest BCUT2D eigenvalue weighted by molar-refractivity contribution is -0.143. The minimum atomic E-state index is -0.829. The van der Waals surface area contributed by atoms with E-state index in [4.69, 9.17) is 0 Å². The highest BCUT2D eigenvalue weighted by Gasteiger charge is 2.66. The van der Waals surface area contributed by atoms with Gasteiger partial charge in [0.15, 0.2) is 0 Å². The molecule has 114 valence electrons. The van der Waals surface area contributed by atoms with Crippen LogP contribution in [-0.4, -0.2) is 34.5 Å². The minimum absolute atomic E-state index is 0.0722. The second-order valence-electron chi connectivity index (χ2n) is 7.44. The molecule has 0 bridgehead atoms. The number of amides is 1. The summed E-state index contributed by atoms with van der Waals surface area (Å²) in [4.78, 5) is 26.1. The van der Waals surface area contributed by atoms with E-state index < -0.39 is 17.3 Å². The number of carboxylic acid groups (broad SMARTS) is 1. The molecule has 0 aromatic rings. The first-order valence-electron chi connectivity index (χ1n) is 7.80. The van der Waals surface area contributed by atoms with Gasteiger partial charge in [-0.05, 0) is 24.2 Å². The first kappa shape index (κ1) is 15.3. The molecule has 0 spiro atoms. The fraction of sp³-hybridized carbons (Fsp3) is 0.875. The van der Waals surface area contributed by atoms with Gasteiger partial charge in [0.1, 0.15) is 0 Å². The molecule has 1 N–H and O–H groups in total. The van der Waals surface area contributed by atoms with Gasteiger partial charge in [0.05, 0.1) is 11.8 Å². The zero-order valence-electron chi connectivity index (χ0n) is 13.1. The molecule has 20 heavy (non-hydrogen) atoms. The van der Waals surface area contributed by atoms with Crippen LogP contribution in [0.15, 0.2) is 0 Å². The van der Waals surface area contributed by atoms with Crippen LogP contribution in [0.4, 0.5) is 0 Å². The van der Waals surface area contributed by atoms with Gasteiger partial charge < -0.3 is 10.0 Å². The van der Waals surface area contributed by atoms with Gasteiger partial charge in [0.2, 0.25) is 5.91 Å². The van der Waals surface area contributed by atoms with Gasteiger partial charge in [-0.25, -0.2) is 0 Å². The third-order valence-corrected chi connectivity index (χ3v) is 4.97. The third-order valence-electron chi connectivity index (χ3n) is 4.97. The predicted octanol–water partition coefficient (Wildman–Crippen LogP) is 2.77. The monoisotopic (exact) mass is 281 g/mol. The van der Waals surface area contributed by atoms with Gasteiger partial charge in [-0.2, -0.15) is 0 Å². The molecule has 0 aromatic carbocycles. The van der Waals surface area contributed by atoms with Crippen LogP contribution in [0.3, 0.4) is 0 Å². The quantitative estimate of drug-likeness (QED) is 0.843. The number of carbonyl (C=O) groups excluding carboxylic acids is 1. The Morgan fingerprint density at radius 1 is 1.20 bits per heavy atom. The summed E-state index contributed by atoms with van der Waals surface area (Å²) in [6, 6.07) is 0.329. The van der Waals surface area contributed by atoms with Crippen molar-refractivity contribution in [3.05, 3.63) is 0 Å². The molecule has 4 nitrogen and oxygen atoms in total. The van der Waals surface area contributed by atoms with E-state index in [1.165, 1.54) is 12.8 Å². The Labute approximate surface area is 121 Å². The van der Waals surface area contributed by atoms with Crippen LogP contribution in [0, 0.1) is 23.2 Å². The number of hydrogen-bond donors (Lipinski definition) is 1. The van der Waals surface area contributed by atoms with Crippen molar-refractivity contribution in [1.82, 2.24) is 4.90 Å². The van der Waals surface area contributed by atoms with E-state index in [1.54, 1.807) is 0 Å². The summed E-state index contributed by atoms with van der Waals surface area (Å²) in [5, 5.41) is 9.27. The van der Waals surface area contributed by atoms with Crippen LogP contribution in [-0.2, 0) is 9.59 Å². The normalized spacial score (nSPS) is 28.6. The molecule has 0 aromatic heterocycles. The van der Waals surface area contributed by atoms with Gasteiger partial charge in [0.25, 0.3) is 0 Å². The molecule has 2 aliphatic carbocycles. The average Bonchev–Trinajstić information content (AvgIpc) is 2.74. The molecule has 0 radical (unpaired) electrons. The van der Waals surface area contributed by atoms with E-state index in [0.717, 1.165) is 19.4 Å². The lowest BCUT2D eigenvalue weighted by atomic mass is 10.1. The fourth-order valence-electron chi connectivity index (χ4n) is 3.77. The summed E-state index contributed by atoms with van der Waals surface area (Å²) in [6.07, 6.45) is 4.51. The largest absolute Gasteiger partial charge is 0.481 e. The summed E-state index contributed by atoms with van der Waals surface area (Å²) in [5.41, 5.74) is -0.392. The van der Waals surface area contributed by atoms with E-state index in [2.05, 4.69) is 13.8 Å². The lowest BCUT2D eigenvalue weighted by Crippen LogP contribution is -2.43. The number of carbonyl (C=O) groups is 2.